The van der Waals surface area contributed by atoms with Crippen molar-refractivity contribution < 1.29 is 39.6 Å². The lowest BCUT2D eigenvalue weighted by Gasteiger charge is -2.19. The molecule has 4 aromatic rings. The Morgan fingerprint density at radius 1 is 0.526 bits per heavy atom. The highest BCUT2D eigenvalue weighted by Crippen LogP contribution is 2.42. The van der Waals surface area contributed by atoms with E-state index in [2.05, 4.69) is 9.97 Å². The predicted octanol–water partition coefficient (Wildman–Crippen LogP) is 5.11. The number of hydrogen-bond acceptors (Lipinski definition) is 6. The van der Waals surface area contributed by atoms with Gasteiger partial charge < -0.3 is 20.4 Å². The van der Waals surface area contributed by atoms with Gasteiger partial charge in [0.2, 0.25) is 0 Å². The van der Waals surface area contributed by atoms with Crippen molar-refractivity contribution in [2.24, 2.45) is 0 Å². The molecular weight excluding hydrogens is 539 g/mol. The van der Waals surface area contributed by atoms with E-state index in [9.17, 15) is 39.6 Å². The molecule has 0 bridgehead atoms. The zero-order chi connectivity index (χ0) is 26.0. The molecule has 2 aromatic carbocycles. The molecule has 10 nitrogen and oxygen atoms in total. The van der Waals surface area contributed by atoms with Gasteiger partial charge in [-0.25, -0.2) is 19.2 Å². The van der Waals surface area contributed by atoms with Crippen LogP contribution in [0.2, 0.25) is 0 Å². The van der Waals surface area contributed by atoms with Crippen LogP contribution in [0.3, 0.4) is 0 Å². The molecule has 2 heterocycles. The normalized spacial score (nSPS) is 10.0. The van der Waals surface area contributed by atoms with Gasteiger partial charge in [-0.15, -0.1) is 24.8 Å². The molecule has 0 saturated heterocycles. The van der Waals surface area contributed by atoms with E-state index >= 15 is 0 Å². The van der Waals surface area contributed by atoms with Gasteiger partial charge in [0.05, 0.1) is 22.3 Å². The number of carboxylic acid groups (broad SMARTS) is 4. The van der Waals surface area contributed by atoms with Gasteiger partial charge in [-0.3, -0.25) is 9.97 Å². The van der Waals surface area contributed by atoms with Gasteiger partial charge in [0.1, 0.15) is 0 Å². The highest BCUT2D eigenvalue weighted by molar-refractivity contribution is 6.11. The molecule has 0 radical (unpaired) electrons. The maximum Gasteiger partial charge on any atom is 0.337 e. The average molecular weight is 557 g/mol. The molecule has 194 valence electrons. The van der Waals surface area contributed by atoms with Gasteiger partial charge in [-0.05, 0) is 41.0 Å². The minimum atomic E-state index is -1.48. The largest absolute Gasteiger partial charge is 0.478 e. The first-order valence-electron chi connectivity index (χ1n) is 10.3. The van der Waals surface area contributed by atoms with E-state index in [1.165, 1.54) is 49.1 Å². The van der Waals surface area contributed by atoms with Gasteiger partial charge in [-0.2, -0.15) is 0 Å². The Bertz CT molecular complexity index is 1460. The predicted molar refractivity (Wildman–Crippen MR) is 141 cm³/mol. The lowest BCUT2D eigenvalue weighted by atomic mass is 9.85. The number of nitrogens with zero attached hydrogens (tertiary/aromatic N) is 2. The van der Waals surface area contributed by atoms with E-state index in [1.807, 2.05) is 0 Å². The minimum absolute atomic E-state index is 0. The van der Waals surface area contributed by atoms with Gasteiger partial charge in [0.25, 0.3) is 0 Å². The van der Waals surface area contributed by atoms with Crippen LogP contribution in [-0.4, -0.2) is 54.3 Å². The Labute approximate surface area is 227 Å². The summed E-state index contributed by atoms with van der Waals surface area (Å²) in [6, 6.07) is 11.2. The molecule has 0 unspecified atom stereocenters. The summed E-state index contributed by atoms with van der Waals surface area (Å²) < 4.78 is 0. The van der Waals surface area contributed by atoms with Crippen molar-refractivity contribution in [3.63, 3.8) is 0 Å². The molecule has 4 rings (SSSR count). The molecule has 2 aromatic heterocycles. The van der Waals surface area contributed by atoms with Crippen LogP contribution in [0.15, 0.2) is 73.3 Å². The summed E-state index contributed by atoms with van der Waals surface area (Å²) in [4.78, 5) is 56.0. The topological polar surface area (TPSA) is 175 Å². The van der Waals surface area contributed by atoms with Crippen molar-refractivity contribution in [1.29, 1.82) is 0 Å². The second kappa shape index (κ2) is 12.0. The Hall–Kier alpha value is -4.80. The van der Waals surface area contributed by atoms with Crippen LogP contribution in [0.25, 0.3) is 33.4 Å². The van der Waals surface area contributed by atoms with Crippen LogP contribution < -0.4 is 0 Å². The number of aromatic nitrogens is 2. The van der Waals surface area contributed by atoms with Crippen molar-refractivity contribution in [2.75, 3.05) is 0 Å². The summed E-state index contributed by atoms with van der Waals surface area (Å²) in [5.74, 6) is -5.83. The summed E-state index contributed by atoms with van der Waals surface area (Å²) in [6.07, 6.45) is 5.63. The molecule has 0 atom stereocenters. The third kappa shape index (κ3) is 5.31. The van der Waals surface area contributed by atoms with Crippen molar-refractivity contribution >= 4 is 48.7 Å². The fraction of sp³-hybridized carbons (Fsp3) is 0. The molecule has 0 spiro atoms. The van der Waals surface area contributed by atoms with E-state index in [4.69, 9.17) is 0 Å². The van der Waals surface area contributed by atoms with E-state index in [0.29, 0.717) is 11.1 Å². The van der Waals surface area contributed by atoms with E-state index < -0.39 is 46.1 Å². The molecule has 0 saturated carbocycles. The molecule has 4 N–H and O–H groups in total. The van der Waals surface area contributed by atoms with Crippen molar-refractivity contribution in [3.05, 3.63) is 95.6 Å². The molecular formula is C26H18Cl2N2O8. The Balaban J connectivity index is 0.00000253. The van der Waals surface area contributed by atoms with E-state index in [1.54, 1.807) is 12.1 Å². The quantitative estimate of drug-likeness (QED) is 0.239. The second-order valence-corrected chi connectivity index (χ2v) is 7.52. The number of carboxylic acids is 4. The average Bonchev–Trinajstić information content (AvgIpc) is 2.87. The summed E-state index contributed by atoms with van der Waals surface area (Å²) in [6.45, 7) is 0. The summed E-state index contributed by atoms with van der Waals surface area (Å²) in [5, 5.41) is 38.9. The molecule has 0 aliphatic carbocycles. The maximum absolute atomic E-state index is 12.1. The van der Waals surface area contributed by atoms with Crippen molar-refractivity contribution in [2.45, 2.75) is 0 Å². The fourth-order valence-electron chi connectivity index (χ4n) is 4.07. The third-order valence-corrected chi connectivity index (χ3v) is 5.51. The Morgan fingerprint density at radius 2 is 0.947 bits per heavy atom. The number of benzene rings is 2. The van der Waals surface area contributed by atoms with E-state index in [0.717, 1.165) is 12.1 Å². The van der Waals surface area contributed by atoms with Crippen LogP contribution >= 0.6 is 24.8 Å². The van der Waals surface area contributed by atoms with Gasteiger partial charge in [0, 0.05) is 41.5 Å². The lowest BCUT2D eigenvalue weighted by Crippen LogP contribution is -2.11. The van der Waals surface area contributed by atoms with Crippen LogP contribution in [0.1, 0.15) is 41.4 Å². The number of hydrogen-bond donors (Lipinski definition) is 4. The molecule has 0 aliphatic heterocycles. The Morgan fingerprint density at radius 3 is 1.32 bits per heavy atom. The first kappa shape index (κ1) is 29.4. The van der Waals surface area contributed by atoms with E-state index in [-0.39, 0.29) is 47.1 Å². The van der Waals surface area contributed by atoms with Gasteiger partial charge in [0.15, 0.2) is 0 Å². The lowest BCUT2D eigenvalue weighted by molar-refractivity contribution is 0.0652. The first-order valence-corrected chi connectivity index (χ1v) is 10.3. The zero-order valence-electron chi connectivity index (χ0n) is 19.1. The molecule has 0 amide bonds. The van der Waals surface area contributed by atoms with Gasteiger partial charge in [-0.1, -0.05) is 24.3 Å². The molecule has 12 heteroatoms. The maximum atomic E-state index is 12.1. The minimum Gasteiger partial charge on any atom is -0.478 e. The number of pyridine rings is 2. The smallest absolute Gasteiger partial charge is 0.337 e. The number of rotatable bonds is 7. The summed E-state index contributed by atoms with van der Waals surface area (Å²) in [7, 11) is 0. The van der Waals surface area contributed by atoms with Crippen LogP contribution in [0.5, 0.6) is 0 Å². The molecule has 0 aliphatic rings. The Kier molecular flexibility index (Phi) is 9.26. The van der Waals surface area contributed by atoms with Crippen LogP contribution in [-0.2, 0) is 0 Å². The number of carbonyl (C=O) groups is 4. The number of aromatic carboxylic acids is 4. The van der Waals surface area contributed by atoms with Crippen LogP contribution in [0, 0.1) is 0 Å². The monoisotopic (exact) mass is 556 g/mol. The number of halogens is 2. The third-order valence-electron chi connectivity index (χ3n) is 5.51. The summed E-state index contributed by atoms with van der Waals surface area (Å²) in [5.41, 5.74) is -0.532. The summed E-state index contributed by atoms with van der Waals surface area (Å²) >= 11 is 0. The fourth-order valence-corrected chi connectivity index (χ4v) is 4.07. The first-order chi connectivity index (χ1) is 17.2. The highest BCUT2D eigenvalue weighted by atomic mass is 35.5. The van der Waals surface area contributed by atoms with Crippen molar-refractivity contribution in [3.8, 4) is 33.4 Å². The molecule has 38 heavy (non-hydrogen) atoms. The standard InChI is InChI=1S/C26H16N2O8.2ClH/c29-23(30)16-5-1-3-14(21(16)25(33)34)18-11-28-12-19(20(18)13-7-9-27-10-8-13)15-4-2-6-17(24(31)32)22(15)26(35)36;;/h1-12H,(H,29,30)(H,31,32)(H,33,34)(H,35,36);2*1H. The second-order valence-electron chi connectivity index (χ2n) is 7.52. The molecule has 0 fully saturated rings. The van der Waals surface area contributed by atoms with Gasteiger partial charge >= 0.3 is 23.9 Å². The highest BCUT2D eigenvalue weighted by Gasteiger charge is 2.27. The van der Waals surface area contributed by atoms with Crippen LogP contribution in [0.4, 0.5) is 0 Å². The van der Waals surface area contributed by atoms with Crippen molar-refractivity contribution in [1.82, 2.24) is 9.97 Å². The zero-order valence-corrected chi connectivity index (χ0v) is 20.7. The SMILES string of the molecule is Cl.Cl.O=C(O)c1cccc(-c2cncc(-c3cccc(C(=O)O)c3C(=O)O)c2-c2ccncc2)c1C(=O)O.